The van der Waals surface area contributed by atoms with Crippen molar-refractivity contribution >= 4 is 0 Å². The van der Waals surface area contributed by atoms with Gasteiger partial charge in [0.2, 0.25) is 0 Å². The monoisotopic (exact) mass is 439 g/mol. The molecule has 0 fully saturated rings. The second-order valence-electron chi connectivity index (χ2n) is 8.08. The minimum atomic E-state index is 0.760. The van der Waals surface area contributed by atoms with E-state index in [1.807, 2.05) is 48.8 Å². The first-order valence-electron chi connectivity index (χ1n) is 11.6. The fraction of sp³-hybridized carbons (Fsp3) is 0.241. The van der Waals surface area contributed by atoms with Crippen LogP contribution in [0.5, 0.6) is 11.5 Å². The SMILES string of the molecule is COc1ccc(-c2ccc(OCCCCCC[n+]3ccc(-c4ccncc4)cc3)cc2)cc1. The Balaban J connectivity index is 1.12. The van der Waals surface area contributed by atoms with Gasteiger partial charge in [-0.1, -0.05) is 24.3 Å². The highest BCUT2D eigenvalue weighted by molar-refractivity contribution is 5.65. The van der Waals surface area contributed by atoms with Gasteiger partial charge in [-0.25, -0.2) is 4.57 Å². The van der Waals surface area contributed by atoms with E-state index >= 15 is 0 Å². The summed E-state index contributed by atoms with van der Waals surface area (Å²) in [6, 6.07) is 24.8. The van der Waals surface area contributed by atoms with Gasteiger partial charge in [-0.05, 0) is 77.9 Å². The number of hydrogen-bond donors (Lipinski definition) is 0. The van der Waals surface area contributed by atoms with Gasteiger partial charge in [0.1, 0.15) is 18.0 Å². The molecular weight excluding hydrogens is 408 g/mol. The first-order valence-corrected chi connectivity index (χ1v) is 11.6. The molecule has 2 aromatic carbocycles. The quantitative estimate of drug-likeness (QED) is 0.202. The molecule has 33 heavy (non-hydrogen) atoms. The number of unbranched alkanes of at least 4 members (excludes halogenated alkanes) is 3. The van der Waals surface area contributed by atoms with Gasteiger partial charge in [0, 0.05) is 30.9 Å². The van der Waals surface area contributed by atoms with Crippen LogP contribution >= 0.6 is 0 Å². The minimum Gasteiger partial charge on any atom is -0.497 e. The molecule has 0 aliphatic heterocycles. The highest BCUT2D eigenvalue weighted by atomic mass is 16.5. The molecule has 4 nitrogen and oxygen atoms in total. The van der Waals surface area contributed by atoms with E-state index in [4.69, 9.17) is 9.47 Å². The van der Waals surface area contributed by atoms with Gasteiger partial charge in [0.15, 0.2) is 12.4 Å². The molecule has 0 spiro atoms. The van der Waals surface area contributed by atoms with E-state index in [-0.39, 0.29) is 0 Å². The van der Waals surface area contributed by atoms with Crippen molar-refractivity contribution in [3.8, 4) is 33.8 Å². The predicted octanol–water partition coefficient (Wildman–Crippen LogP) is 6.35. The number of methoxy groups -OCH3 is 1. The summed E-state index contributed by atoms with van der Waals surface area (Å²) >= 11 is 0. The number of aromatic nitrogens is 2. The molecule has 0 aliphatic carbocycles. The van der Waals surface area contributed by atoms with Gasteiger partial charge in [-0.15, -0.1) is 0 Å². The first-order chi connectivity index (χ1) is 16.3. The standard InChI is InChI=1S/C29H31N2O2/c1-32-28-10-6-24(7-11-28)25-8-12-29(13-9-25)33-23-5-3-2-4-20-31-21-16-27(17-22-31)26-14-18-30-19-15-26/h6-19,21-22H,2-5,20,23H2,1H3/q+1. The molecule has 0 bridgehead atoms. The summed E-state index contributed by atoms with van der Waals surface area (Å²) in [7, 11) is 1.68. The van der Waals surface area contributed by atoms with E-state index in [0.29, 0.717) is 0 Å². The zero-order chi connectivity index (χ0) is 22.7. The fourth-order valence-electron chi connectivity index (χ4n) is 3.81. The number of rotatable bonds is 11. The Bertz CT molecular complexity index is 1090. The van der Waals surface area contributed by atoms with E-state index in [9.17, 15) is 0 Å². The maximum Gasteiger partial charge on any atom is 0.169 e. The van der Waals surface area contributed by atoms with Crippen LogP contribution in [0.25, 0.3) is 22.3 Å². The van der Waals surface area contributed by atoms with Crippen molar-refractivity contribution in [2.24, 2.45) is 0 Å². The Morgan fingerprint density at radius 1 is 0.606 bits per heavy atom. The maximum absolute atomic E-state index is 5.92. The second-order valence-corrected chi connectivity index (χ2v) is 8.08. The predicted molar refractivity (Wildman–Crippen MR) is 132 cm³/mol. The number of pyridine rings is 2. The highest BCUT2D eigenvalue weighted by Crippen LogP contribution is 2.24. The summed E-state index contributed by atoms with van der Waals surface area (Å²) in [6.45, 7) is 1.81. The molecule has 2 aromatic heterocycles. The lowest BCUT2D eigenvalue weighted by Crippen LogP contribution is -2.32. The largest absolute Gasteiger partial charge is 0.497 e. The van der Waals surface area contributed by atoms with Gasteiger partial charge in [-0.3, -0.25) is 4.98 Å². The number of hydrogen-bond acceptors (Lipinski definition) is 3. The van der Waals surface area contributed by atoms with Gasteiger partial charge in [0.05, 0.1) is 13.7 Å². The molecule has 0 saturated heterocycles. The molecule has 4 heteroatoms. The smallest absolute Gasteiger partial charge is 0.169 e. The van der Waals surface area contributed by atoms with E-state index in [0.717, 1.165) is 31.1 Å². The van der Waals surface area contributed by atoms with Gasteiger partial charge >= 0.3 is 0 Å². The van der Waals surface area contributed by atoms with E-state index in [2.05, 4.69) is 58.3 Å². The molecule has 4 aromatic rings. The number of aryl methyl sites for hydroxylation is 1. The second kappa shape index (κ2) is 11.8. The van der Waals surface area contributed by atoms with Crippen LogP contribution in [-0.2, 0) is 6.54 Å². The summed E-state index contributed by atoms with van der Waals surface area (Å²) in [4.78, 5) is 4.08. The Hall–Kier alpha value is -3.66. The van der Waals surface area contributed by atoms with Crippen molar-refractivity contribution in [2.45, 2.75) is 32.2 Å². The Morgan fingerprint density at radius 3 is 1.79 bits per heavy atom. The van der Waals surface area contributed by atoms with Crippen LogP contribution in [0, 0.1) is 0 Å². The molecule has 0 unspecified atom stereocenters. The molecule has 2 heterocycles. The summed E-state index contributed by atoms with van der Waals surface area (Å²) < 4.78 is 13.4. The molecule has 4 rings (SSSR count). The molecule has 0 N–H and O–H groups in total. The number of nitrogens with zero attached hydrogens (tertiary/aromatic N) is 2. The lowest BCUT2D eigenvalue weighted by Gasteiger charge is -2.08. The van der Waals surface area contributed by atoms with Crippen LogP contribution in [0.3, 0.4) is 0 Å². The Kier molecular flexibility index (Phi) is 8.07. The summed E-state index contributed by atoms with van der Waals surface area (Å²) in [6.07, 6.45) is 12.6. The molecular formula is C29H31N2O2+. The topological polar surface area (TPSA) is 35.2 Å². The highest BCUT2D eigenvalue weighted by Gasteiger charge is 2.03. The minimum absolute atomic E-state index is 0.760. The van der Waals surface area contributed by atoms with Crippen LogP contribution in [0.15, 0.2) is 97.6 Å². The average Bonchev–Trinajstić information content (AvgIpc) is 2.89. The fourth-order valence-corrected chi connectivity index (χ4v) is 3.81. The molecule has 0 aliphatic rings. The van der Waals surface area contributed by atoms with Crippen LogP contribution in [-0.4, -0.2) is 18.7 Å². The van der Waals surface area contributed by atoms with Crippen molar-refractivity contribution in [2.75, 3.05) is 13.7 Å². The molecule has 0 atom stereocenters. The Morgan fingerprint density at radius 2 is 1.15 bits per heavy atom. The van der Waals surface area contributed by atoms with Crippen molar-refractivity contribution in [1.29, 1.82) is 0 Å². The van der Waals surface area contributed by atoms with Crippen LogP contribution in [0.1, 0.15) is 25.7 Å². The van der Waals surface area contributed by atoms with Crippen molar-refractivity contribution in [3.63, 3.8) is 0 Å². The summed E-state index contributed by atoms with van der Waals surface area (Å²) in [5.74, 6) is 1.80. The van der Waals surface area contributed by atoms with Crippen LogP contribution in [0.2, 0.25) is 0 Å². The average molecular weight is 440 g/mol. The normalized spacial score (nSPS) is 10.7. The molecule has 0 amide bonds. The van der Waals surface area contributed by atoms with Gasteiger partial charge in [-0.2, -0.15) is 0 Å². The van der Waals surface area contributed by atoms with E-state index in [1.54, 1.807) is 7.11 Å². The molecule has 0 saturated carbocycles. The van der Waals surface area contributed by atoms with Gasteiger partial charge in [0.25, 0.3) is 0 Å². The lowest BCUT2D eigenvalue weighted by molar-refractivity contribution is -0.697. The molecule has 168 valence electrons. The Labute approximate surface area is 196 Å². The van der Waals surface area contributed by atoms with Crippen molar-refractivity contribution in [3.05, 3.63) is 97.6 Å². The lowest BCUT2D eigenvalue weighted by atomic mass is 10.1. The van der Waals surface area contributed by atoms with Crippen molar-refractivity contribution < 1.29 is 14.0 Å². The molecule has 0 radical (unpaired) electrons. The summed E-state index contributed by atoms with van der Waals surface area (Å²) in [5, 5.41) is 0. The summed E-state index contributed by atoms with van der Waals surface area (Å²) in [5.41, 5.74) is 4.78. The zero-order valence-corrected chi connectivity index (χ0v) is 19.2. The van der Waals surface area contributed by atoms with Gasteiger partial charge < -0.3 is 9.47 Å². The van der Waals surface area contributed by atoms with Crippen molar-refractivity contribution in [1.82, 2.24) is 4.98 Å². The third-order valence-corrected chi connectivity index (χ3v) is 5.76. The maximum atomic E-state index is 5.92. The third-order valence-electron chi connectivity index (χ3n) is 5.76. The first kappa shape index (κ1) is 22.5. The van der Waals surface area contributed by atoms with Crippen LogP contribution < -0.4 is 14.0 Å². The number of benzene rings is 2. The van der Waals surface area contributed by atoms with E-state index < -0.39 is 0 Å². The number of ether oxygens (including phenoxy) is 2. The zero-order valence-electron chi connectivity index (χ0n) is 19.2. The van der Waals surface area contributed by atoms with Crippen LogP contribution in [0.4, 0.5) is 0 Å². The third kappa shape index (κ3) is 6.66. The van der Waals surface area contributed by atoms with E-state index in [1.165, 1.54) is 41.5 Å².